The summed E-state index contributed by atoms with van der Waals surface area (Å²) in [5.41, 5.74) is -1.07. The molecule has 0 fully saturated rings. The highest BCUT2D eigenvalue weighted by Crippen LogP contribution is 2.15. The molecule has 0 aromatic heterocycles. The fraction of sp³-hybridized carbons (Fsp3) is 0.900. The van der Waals surface area contributed by atoms with Crippen LogP contribution in [0.4, 0.5) is 0 Å². The minimum Gasteiger partial charge on any atom is -0.463 e. The predicted octanol–water partition coefficient (Wildman–Crippen LogP) is 0.853. The lowest BCUT2D eigenvalue weighted by atomic mass is 9.98. The molecule has 0 aliphatic heterocycles. The first-order chi connectivity index (χ1) is 6.58. The maximum Gasteiger partial charge on any atom is 0.305 e. The number of aliphatic hydroxyl groups excluding tert-OH is 1. The highest BCUT2D eigenvalue weighted by molar-refractivity contribution is 5.69. The van der Waals surface area contributed by atoms with Gasteiger partial charge < -0.3 is 14.9 Å². The van der Waals surface area contributed by atoms with Gasteiger partial charge in [0, 0.05) is 19.4 Å². The highest BCUT2D eigenvalue weighted by atomic mass is 16.5. The Hall–Kier alpha value is -0.610. The first-order valence-electron chi connectivity index (χ1n) is 5.07. The molecule has 0 aromatic rings. The fourth-order valence-electron chi connectivity index (χ4n) is 1.05. The largest absolute Gasteiger partial charge is 0.463 e. The van der Waals surface area contributed by atoms with Gasteiger partial charge in [-0.25, -0.2) is 0 Å². The Kier molecular flexibility index (Phi) is 6.49. The van der Waals surface area contributed by atoms with Crippen molar-refractivity contribution in [2.24, 2.45) is 0 Å². The summed E-state index contributed by atoms with van der Waals surface area (Å²) in [5.74, 6) is -0.294. The van der Waals surface area contributed by atoms with Crippen molar-refractivity contribution in [3.8, 4) is 0 Å². The molecular weight excluding hydrogens is 184 g/mol. The zero-order valence-corrected chi connectivity index (χ0v) is 8.95. The van der Waals surface area contributed by atoms with Gasteiger partial charge in [0.2, 0.25) is 0 Å². The molecule has 14 heavy (non-hydrogen) atoms. The fourth-order valence-corrected chi connectivity index (χ4v) is 1.05. The Morgan fingerprint density at radius 2 is 2.07 bits per heavy atom. The summed E-state index contributed by atoms with van der Waals surface area (Å²) in [6, 6.07) is 0. The van der Waals surface area contributed by atoms with Gasteiger partial charge in [0.15, 0.2) is 0 Å². The van der Waals surface area contributed by atoms with Gasteiger partial charge in [-0.1, -0.05) is 13.8 Å². The van der Waals surface area contributed by atoms with Crippen molar-refractivity contribution >= 4 is 5.97 Å². The second-order valence-electron chi connectivity index (χ2n) is 3.46. The Morgan fingerprint density at radius 1 is 1.43 bits per heavy atom. The van der Waals surface area contributed by atoms with Crippen LogP contribution < -0.4 is 0 Å². The maximum absolute atomic E-state index is 11.0. The third-order valence-electron chi connectivity index (χ3n) is 2.19. The summed E-state index contributed by atoms with van der Waals surface area (Å²) in [4.78, 5) is 11.0. The van der Waals surface area contributed by atoms with E-state index in [0.717, 1.165) is 6.42 Å². The van der Waals surface area contributed by atoms with Crippen LogP contribution >= 0.6 is 0 Å². The van der Waals surface area contributed by atoms with Gasteiger partial charge in [0.1, 0.15) is 12.2 Å². The molecule has 0 aromatic carbocycles. The summed E-state index contributed by atoms with van der Waals surface area (Å²) in [6.45, 7) is 3.56. The molecule has 1 atom stereocenters. The smallest absolute Gasteiger partial charge is 0.305 e. The van der Waals surface area contributed by atoms with E-state index >= 15 is 0 Å². The lowest BCUT2D eigenvalue weighted by Crippen LogP contribution is -2.35. The third-order valence-corrected chi connectivity index (χ3v) is 2.19. The molecule has 0 heterocycles. The SMILES string of the molecule is CCCC(=O)OCC(O)(CC)CCO. The molecule has 4 heteroatoms. The van der Waals surface area contributed by atoms with E-state index < -0.39 is 5.60 Å². The molecule has 1 unspecified atom stereocenters. The third kappa shape index (κ3) is 5.19. The van der Waals surface area contributed by atoms with E-state index in [9.17, 15) is 9.90 Å². The Morgan fingerprint density at radius 3 is 2.50 bits per heavy atom. The quantitative estimate of drug-likeness (QED) is 0.603. The van der Waals surface area contributed by atoms with Crippen molar-refractivity contribution in [3.05, 3.63) is 0 Å². The molecular formula is C10H20O4. The molecule has 0 bridgehead atoms. The van der Waals surface area contributed by atoms with E-state index in [-0.39, 0.29) is 25.6 Å². The zero-order valence-electron chi connectivity index (χ0n) is 8.95. The summed E-state index contributed by atoms with van der Waals surface area (Å²) >= 11 is 0. The van der Waals surface area contributed by atoms with Crippen molar-refractivity contribution in [2.45, 2.75) is 45.1 Å². The second kappa shape index (κ2) is 6.79. The average Bonchev–Trinajstić information content (AvgIpc) is 2.16. The molecule has 4 nitrogen and oxygen atoms in total. The van der Waals surface area contributed by atoms with Crippen LogP contribution in [0.1, 0.15) is 39.5 Å². The summed E-state index contributed by atoms with van der Waals surface area (Å²) in [5, 5.41) is 18.5. The van der Waals surface area contributed by atoms with Gasteiger partial charge in [-0.2, -0.15) is 0 Å². The van der Waals surface area contributed by atoms with Crippen molar-refractivity contribution in [1.82, 2.24) is 0 Å². The molecule has 0 saturated heterocycles. The number of ether oxygens (including phenoxy) is 1. The molecule has 0 aliphatic rings. The minimum atomic E-state index is -1.07. The highest BCUT2D eigenvalue weighted by Gasteiger charge is 2.25. The lowest BCUT2D eigenvalue weighted by molar-refractivity contribution is -0.152. The van der Waals surface area contributed by atoms with E-state index in [1.165, 1.54) is 0 Å². The number of carbonyl (C=O) groups is 1. The second-order valence-corrected chi connectivity index (χ2v) is 3.46. The van der Waals surface area contributed by atoms with Crippen LogP contribution in [0.3, 0.4) is 0 Å². The van der Waals surface area contributed by atoms with Gasteiger partial charge in [0.25, 0.3) is 0 Å². The van der Waals surface area contributed by atoms with Crippen molar-refractivity contribution in [2.75, 3.05) is 13.2 Å². The first kappa shape index (κ1) is 13.4. The number of hydrogen-bond acceptors (Lipinski definition) is 4. The van der Waals surface area contributed by atoms with Gasteiger partial charge in [-0.05, 0) is 12.8 Å². The number of hydrogen-bond donors (Lipinski definition) is 2. The number of carbonyl (C=O) groups excluding carboxylic acids is 1. The number of rotatable bonds is 7. The van der Waals surface area contributed by atoms with Crippen LogP contribution in [0.15, 0.2) is 0 Å². The van der Waals surface area contributed by atoms with Gasteiger partial charge in [0.05, 0.1) is 0 Å². The van der Waals surface area contributed by atoms with Gasteiger partial charge >= 0.3 is 5.97 Å². The van der Waals surface area contributed by atoms with E-state index in [2.05, 4.69) is 0 Å². The predicted molar refractivity (Wildman–Crippen MR) is 52.8 cm³/mol. The summed E-state index contributed by atoms with van der Waals surface area (Å²) < 4.78 is 4.89. The van der Waals surface area contributed by atoms with Gasteiger partial charge in [-0.15, -0.1) is 0 Å². The lowest BCUT2D eigenvalue weighted by Gasteiger charge is -2.25. The van der Waals surface area contributed by atoms with Gasteiger partial charge in [-0.3, -0.25) is 4.79 Å². The molecule has 0 aliphatic carbocycles. The van der Waals surface area contributed by atoms with Crippen LogP contribution in [0.25, 0.3) is 0 Å². The first-order valence-corrected chi connectivity index (χ1v) is 5.07. The van der Waals surface area contributed by atoms with E-state index in [1.807, 2.05) is 6.92 Å². The van der Waals surface area contributed by atoms with Crippen molar-refractivity contribution < 1.29 is 19.7 Å². The topological polar surface area (TPSA) is 66.8 Å². The van der Waals surface area contributed by atoms with Crippen molar-refractivity contribution in [1.29, 1.82) is 0 Å². The van der Waals surface area contributed by atoms with Crippen LogP contribution in [-0.2, 0) is 9.53 Å². The molecule has 0 rings (SSSR count). The molecule has 2 N–H and O–H groups in total. The van der Waals surface area contributed by atoms with Crippen LogP contribution in [0.2, 0.25) is 0 Å². The molecule has 0 amide bonds. The van der Waals surface area contributed by atoms with Crippen molar-refractivity contribution in [3.63, 3.8) is 0 Å². The molecule has 0 radical (unpaired) electrons. The van der Waals surface area contributed by atoms with E-state index in [4.69, 9.17) is 9.84 Å². The van der Waals surface area contributed by atoms with Crippen LogP contribution in [-0.4, -0.2) is 35.0 Å². The Labute approximate surface area is 84.9 Å². The monoisotopic (exact) mass is 204 g/mol. The molecule has 0 spiro atoms. The van der Waals surface area contributed by atoms with E-state index in [0.29, 0.717) is 12.8 Å². The molecule has 84 valence electrons. The Balaban J connectivity index is 3.87. The number of esters is 1. The summed E-state index contributed by atoms with van der Waals surface area (Å²) in [6.07, 6.45) is 1.82. The standard InChI is InChI=1S/C10H20O4/c1-3-5-9(12)14-8-10(13,4-2)6-7-11/h11,13H,3-8H2,1-2H3. The Bertz CT molecular complexity index is 170. The van der Waals surface area contributed by atoms with E-state index in [1.54, 1.807) is 6.92 Å². The van der Waals surface area contributed by atoms with Crippen LogP contribution in [0.5, 0.6) is 0 Å². The minimum absolute atomic E-state index is 0.0249. The van der Waals surface area contributed by atoms with Crippen LogP contribution in [0, 0.1) is 0 Å². The normalized spacial score (nSPS) is 14.9. The summed E-state index contributed by atoms with van der Waals surface area (Å²) in [7, 11) is 0. The maximum atomic E-state index is 11.0. The number of aliphatic hydroxyl groups is 2. The molecule has 0 saturated carbocycles. The average molecular weight is 204 g/mol. The zero-order chi connectivity index (χ0) is 11.0.